The van der Waals surface area contributed by atoms with Crippen LogP contribution in [0.4, 0.5) is 0 Å². The average Bonchev–Trinajstić information content (AvgIpc) is 2.28. The lowest BCUT2D eigenvalue weighted by Gasteiger charge is -2.26. The molecule has 1 atom stereocenters. The molecule has 1 saturated heterocycles. The first-order valence-electron chi connectivity index (χ1n) is 4.75. The average molecular weight is 170 g/mol. The standard InChI is InChI=1S/C9H18N2O/c1-8-5-3-2-4-6-11(8)9(12)7-10/h8H,2-7,10H2,1H3. The van der Waals surface area contributed by atoms with Crippen molar-refractivity contribution in [3.05, 3.63) is 0 Å². The summed E-state index contributed by atoms with van der Waals surface area (Å²) >= 11 is 0. The van der Waals surface area contributed by atoms with Gasteiger partial charge in [0, 0.05) is 12.6 Å². The summed E-state index contributed by atoms with van der Waals surface area (Å²) in [5, 5.41) is 0. The minimum Gasteiger partial charge on any atom is -0.339 e. The number of carbonyl (C=O) groups is 1. The largest absolute Gasteiger partial charge is 0.339 e. The van der Waals surface area contributed by atoms with Crippen LogP contribution in [0.2, 0.25) is 0 Å². The molecule has 12 heavy (non-hydrogen) atoms. The Morgan fingerprint density at radius 1 is 1.50 bits per heavy atom. The third-order valence-electron chi connectivity index (χ3n) is 2.55. The highest BCUT2D eigenvalue weighted by Crippen LogP contribution is 2.15. The van der Waals surface area contributed by atoms with Gasteiger partial charge in [-0.05, 0) is 19.8 Å². The van der Waals surface area contributed by atoms with Gasteiger partial charge in [-0.3, -0.25) is 4.79 Å². The van der Waals surface area contributed by atoms with E-state index < -0.39 is 0 Å². The molecule has 0 aromatic rings. The lowest BCUT2D eigenvalue weighted by Crippen LogP contribution is -2.41. The molecule has 0 bridgehead atoms. The van der Waals surface area contributed by atoms with E-state index in [1.165, 1.54) is 12.8 Å². The number of nitrogens with two attached hydrogens (primary N) is 1. The van der Waals surface area contributed by atoms with Gasteiger partial charge in [0.2, 0.25) is 5.91 Å². The first kappa shape index (κ1) is 9.52. The second kappa shape index (κ2) is 4.45. The maximum Gasteiger partial charge on any atom is 0.236 e. The van der Waals surface area contributed by atoms with Crippen molar-refractivity contribution in [1.82, 2.24) is 4.90 Å². The van der Waals surface area contributed by atoms with Gasteiger partial charge in [0.1, 0.15) is 0 Å². The SMILES string of the molecule is CC1CCCCCN1C(=O)CN. The summed E-state index contributed by atoms with van der Waals surface area (Å²) in [6.45, 7) is 3.17. The van der Waals surface area contributed by atoms with Crippen LogP contribution in [0.3, 0.4) is 0 Å². The first-order valence-corrected chi connectivity index (χ1v) is 4.75. The highest BCUT2D eigenvalue weighted by molar-refractivity contribution is 5.78. The molecule has 0 aromatic heterocycles. The molecule has 1 fully saturated rings. The van der Waals surface area contributed by atoms with Crippen LogP contribution in [0.15, 0.2) is 0 Å². The zero-order valence-corrected chi connectivity index (χ0v) is 7.75. The molecule has 2 N–H and O–H groups in total. The van der Waals surface area contributed by atoms with Crippen LogP contribution in [0.1, 0.15) is 32.6 Å². The van der Waals surface area contributed by atoms with Crippen LogP contribution in [0.5, 0.6) is 0 Å². The maximum atomic E-state index is 11.3. The lowest BCUT2D eigenvalue weighted by molar-refractivity contribution is -0.131. The quantitative estimate of drug-likeness (QED) is 0.630. The molecular weight excluding hydrogens is 152 g/mol. The minimum absolute atomic E-state index is 0.101. The Morgan fingerprint density at radius 2 is 2.25 bits per heavy atom. The first-order chi connectivity index (χ1) is 5.75. The number of nitrogens with zero attached hydrogens (tertiary/aromatic N) is 1. The van der Waals surface area contributed by atoms with E-state index in [9.17, 15) is 4.79 Å². The van der Waals surface area contributed by atoms with Crippen molar-refractivity contribution < 1.29 is 4.79 Å². The monoisotopic (exact) mass is 170 g/mol. The third kappa shape index (κ3) is 2.21. The van der Waals surface area contributed by atoms with Crippen molar-refractivity contribution in [2.75, 3.05) is 13.1 Å². The molecule has 3 heteroatoms. The molecule has 1 rings (SSSR count). The van der Waals surface area contributed by atoms with Crippen LogP contribution in [-0.4, -0.2) is 29.9 Å². The summed E-state index contributed by atoms with van der Waals surface area (Å²) in [4.78, 5) is 13.3. The number of rotatable bonds is 1. The number of hydrogen-bond donors (Lipinski definition) is 1. The molecule has 1 aliphatic rings. The van der Waals surface area contributed by atoms with Gasteiger partial charge >= 0.3 is 0 Å². The van der Waals surface area contributed by atoms with E-state index in [1.807, 2.05) is 4.90 Å². The Labute approximate surface area is 73.9 Å². The number of amides is 1. The van der Waals surface area contributed by atoms with Crippen molar-refractivity contribution in [2.45, 2.75) is 38.6 Å². The summed E-state index contributed by atoms with van der Waals surface area (Å²) in [5.41, 5.74) is 5.32. The van der Waals surface area contributed by atoms with E-state index in [1.54, 1.807) is 0 Å². The predicted octanol–water partition coefficient (Wildman–Crippen LogP) is 0.736. The Morgan fingerprint density at radius 3 is 2.92 bits per heavy atom. The molecule has 1 aliphatic heterocycles. The lowest BCUT2D eigenvalue weighted by atomic mass is 10.1. The van der Waals surface area contributed by atoms with E-state index in [0.29, 0.717) is 6.04 Å². The van der Waals surface area contributed by atoms with E-state index >= 15 is 0 Å². The highest BCUT2D eigenvalue weighted by Gasteiger charge is 2.20. The minimum atomic E-state index is 0.101. The number of hydrogen-bond acceptors (Lipinski definition) is 2. The van der Waals surface area contributed by atoms with Crippen LogP contribution in [0.25, 0.3) is 0 Å². The molecule has 70 valence electrons. The van der Waals surface area contributed by atoms with Gasteiger partial charge in [0.05, 0.1) is 6.54 Å². The topological polar surface area (TPSA) is 46.3 Å². The van der Waals surface area contributed by atoms with Crippen molar-refractivity contribution in [3.63, 3.8) is 0 Å². The molecular formula is C9H18N2O. The van der Waals surface area contributed by atoms with Crippen molar-refractivity contribution in [1.29, 1.82) is 0 Å². The van der Waals surface area contributed by atoms with E-state index in [0.717, 1.165) is 19.4 Å². The second-order valence-corrected chi connectivity index (χ2v) is 3.49. The summed E-state index contributed by atoms with van der Waals surface area (Å²) in [7, 11) is 0. The molecule has 0 aromatic carbocycles. The summed E-state index contributed by atoms with van der Waals surface area (Å²) in [6, 6.07) is 0.392. The Hall–Kier alpha value is -0.570. The van der Waals surface area contributed by atoms with Crippen LogP contribution in [-0.2, 0) is 4.79 Å². The smallest absolute Gasteiger partial charge is 0.236 e. The number of carbonyl (C=O) groups excluding carboxylic acids is 1. The Balaban J connectivity index is 2.52. The van der Waals surface area contributed by atoms with Gasteiger partial charge in [0.15, 0.2) is 0 Å². The maximum absolute atomic E-state index is 11.3. The normalized spacial score (nSPS) is 25.2. The van der Waals surface area contributed by atoms with Gasteiger partial charge in [-0.15, -0.1) is 0 Å². The summed E-state index contributed by atoms with van der Waals surface area (Å²) in [5.74, 6) is 0.101. The van der Waals surface area contributed by atoms with Gasteiger partial charge in [-0.2, -0.15) is 0 Å². The zero-order valence-electron chi connectivity index (χ0n) is 7.75. The van der Waals surface area contributed by atoms with Crippen LogP contribution < -0.4 is 5.73 Å². The molecule has 3 nitrogen and oxygen atoms in total. The van der Waals surface area contributed by atoms with E-state index in [-0.39, 0.29) is 12.5 Å². The molecule has 0 saturated carbocycles. The molecule has 1 unspecified atom stereocenters. The van der Waals surface area contributed by atoms with Gasteiger partial charge in [-0.1, -0.05) is 12.8 Å². The van der Waals surface area contributed by atoms with E-state index in [4.69, 9.17) is 5.73 Å². The molecule has 0 spiro atoms. The third-order valence-corrected chi connectivity index (χ3v) is 2.55. The number of likely N-dealkylation sites (tertiary alicyclic amines) is 1. The predicted molar refractivity (Wildman–Crippen MR) is 48.7 cm³/mol. The highest BCUT2D eigenvalue weighted by atomic mass is 16.2. The fraction of sp³-hybridized carbons (Fsp3) is 0.889. The van der Waals surface area contributed by atoms with Crippen molar-refractivity contribution >= 4 is 5.91 Å². The Kier molecular flexibility index (Phi) is 3.53. The molecule has 1 amide bonds. The summed E-state index contributed by atoms with van der Waals surface area (Å²) < 4.78 is 0. The van der Waals surface area contributed by atoms with Crippen molar-refractivity contribution in [2.24, 2.45) is 5.73 Å². The van der Waals surface area contributed by atoms with Crippen molar-refractivity contribution in [3.8, 4) is 0 Å². The zero-order chi connectivity index (χ0) is 8.97. The second-order valence-electron chi connectivity index (χ2n) is 3.49. The fourth-order valence-electron chi connectivity index (χ4n) is 1.76. The van der Waals surface area contributed by atoms with Crippen LogP contribution in [0, 0.1) is 0 Å². The fourth-order valence-corrected chi connectivity index (χ4v) is 1.76. The summed E-state index contributed by atoms with van der Waals surface area (Å²) in [6.07, 6.45) is 4.76. The molecule has 0 aliphatic carbocycles. The molecule has 1 heterocycles. The van der Waals surface area contributed by atoms with Gasteiger partial charge in [0.25, 0.3) is 0 Å². The van der Waals surface area contributed by atoms with Crippen LogP contribution >= 0.6 is 0 Å². The Bertz CT molecular complexity index is 159. The van der Waals surface area contributed by atoms with Gasteiger partial charge in [-0.25, -0.2) is 0 Å². The van der Waals surface area contributed by atoms with Gasteiger partial charge < -0.3 is 10.6 Å². The van der Waals surface area contributed by atoms with E-state index in [2.05, 4.69) is 6.92 Å². The molecule has 0 radical (unpaired) electrons.